The van der Waals surface area contributed by atoms with Crippen molar-refractivity contribution in [2.24, 2.45) is 5.92 Å². The van der Waals surface area contributed by atoms with Gasteiger partial charge in [0.15, 0.2) is 0 Å². The molecular weight excluding hydrogens is 304 g/mol. The van der Waals surface area contributed by atoms with Gasteiger partial charge in [-0.05, 0) is 31.0 Å². The monoisotopic (exact) mass is 324 g/mol. The molecule has 5 nitrogen and oxygen atoms in total. The van der Waals surface area contributed by atoms with E-state index in [0.717, 1.165) is 12.8 Å². The Morgan fingerprint density at radius 3 is 2.77 bits per heavy atom. The second-order valence-corrected chi connectivity index (χ2v) is 6.33. The van der Waals surface area contributed by atoms with Crippen LogP contribution < -0.4 is 5.32 Å². The first kappa shape index (κ1) is 16.6. The number of nitrogens with one attached hydrogen (secondary N) is 1. The predicted molar refractivity (Wildman–Crippen MR) is 85.0 cm³/mol. The number of nitrogens with zero attached hydrogens (tertiary/aromatic N) is 1. The lowest BCUT2D eigenvalue weighted by molar-refractivity contribution is -0.125. The molecule has 0 aromatic heterocycles. The summed E-state index contributed by atoms with van der Waals surface area (Å²) < 4.78 is 0. The van der Waals surface area contributed by atoms with Crippen LogP contribution in [0, 0.1) is 5.92 Å². The maximum absolute atomic E-state index is 12.5. The first-order chi connectivity index (χ1) is 10.4. The van der Waals surface area contributed by atoms with Crippen LogP contribution in [-0.4, -0.2) is 41.0 Å². The van der Waals surface area contributed by atoms with Crippen molar-refractivity contribution in [3.63, 3.8) is 0 Å². The lowest BCUT2D eigenvalue weighted by atomic mass is 10.0. The molecule has 2 amide bonds. The van der Waals surface area contributed by atoms with Crippen LogP contribution in [0.2, 0.25) is 5.02 Å². The molecule has 0 spiro atoms. The number of phenols is 1. The van der Waals surface area contributed by atoms with Gasteiger partial charge in [0.1, 0.15) is 5.75 Å². The van der Waals surface area contributed by atoms with Crippen molar-refractivity contribution in [2.45, 2.75) is 32.7 Å². The van der Waals surface area contributed by atoms with Gasteiger partial charge in [0.2, 0.25) is 5.91 Å². The molecule has 2 N–H and O–H groups in total. The van der Waals surface area contributed by atoms with Gasteiger partial charge in [0, 0.05) is 30.6 Å². The van der Waals surface area contributed by atoms with Gasteiger partial charge in [-0.2, -0.15) is 0 Å². The molecule has 1 atom stereocenters. The maximum Gasteiger partial charge on any atom is 0.253 e. The molecular formula is C16H21ClN2O3. The fourth-order valence-corrected chi connectivity index (χ4v) is 2.65. The lowest BCUT2D eigenvalue weighted by Crippen LogP contribution is -2.50. The minimum Gasteiger partial charge on any atom is -0.506 e. The van der Waals surface area contributed by atoms with Crippen molar-refractivity contribution in [3.05, 3.63) is 28.8 Å². The summed E-state index contributed by atoms with van der Waals surface area (Å²) in [6.45, 7) is 4.85. The van der Waals surface area contributed by atoms with E-state index in [1.807, 2.05) is 13.8 Å². The number of carbonyl (C=O) groups is 2. The van der Waals surface area contributed by atoms with Gasteiger partial charge in [0.05, 0.1) is 5.02 Å². The standard InChI is InChI=1S/C16H21ClN2O3/c1-10(2)15(21)18-12-4-3-7-19(9-12)16(22)11-5-6-14(20)13(17)8-11/h5-6,8,10,12,20H,3-4,7,9H2,1-2H3,(H,18,21). The van der Waals surface area contributed by atoms with E-state index in [1.165, 1.54) is 12.1 Å². The second-order valence-electron chi connectivity index (χ2n) is 5.92. The van der Waals surface area contributed by atoms with Crippen LogP contribution in [0.3, 0.4) is 0 Å². The van der Waals surface area contributed by atoms with Gasteiger partial charge in [-0.15, -0.1) is 0 Å². The van der Waals surface area contributed by atoms with Crippen molar-refractivity contribution >= 4 is 23.4 Å². The summed E-state index contributed by atoms with van der Waals surface area (Å²) in [6.07, 6.45) is 1.72. The van der Waals surface area contributed by atoms with Crippen molar-refractivity contribution in [1.82, 2.24) is 10.2 Å². The van der Waals surface area contributed by atoms with E-state index in [2.05, 4.69) is 5.32 Å². The zero-order valence-electron chi connectivity index (χ0n) is 12.8. The third-order valence-corrected chi connectivity index (χ3v) is 4.08. The zero-order chi connectivity index (χ0) is 16.3. The molecule has 22 heavy (non-hydrogen) atoms. The summed E-state index contributed by atoms with van der Waals surface area (Å²) in [5, 5.41) is 12.6. The molecule has 1 aliphatic rings. The van der Waals surface area contributed by atoms with Crippen molar-refractivity contribution in [1.29, 1.82) is 0 Å². The van der Waals surface area contributed by atoms with Gasteiger partial charge in [0.25, 0.3) is 5.91 Å². The minimum atomic E-state index is -0.134. The molecule has 1 unspecified atom stereocenters. The number of hydrogen-bond donors (Lipinski definition) is 2. The fraction of sp³-hybridized carbons (Fsp3) is 0.500. The first-order valence-corrected chi connectivity index (χ1v) is 7.84. The maximum atomic E-state index is 12.5. The Bertz CT molecular complexity index is 575. The minimum absolute atomic E-state index is 0.00646. The van der Waals surface area contributed by atoms with Gasteiger partial charge in [-0.25, -0.2) is 0 Å². The van der Waals surface area contributed by atoms with Crippen LogP contribution in [0.4, 0.5) is 0 Å². The summed E-state index contributed by atoms with van der Waals surface area (Å²) in [4.78, 5) is 26.0. The first-order valence-electron chi connectivity index (χ1n) is 7.46. The molecule has 1 heterocycles. The summed E-state index contributed by atoms with van der Waals surface area (Å²) in [5.41, 5.74) is 0.443. The number of piperidine rings is 1. The van der Waals surface area contributed by atoms with Crippen LogP contribution in [0.15, 0.2) is 18.2 Å². The van der Waals surface area contributed by atoms with Crippen LogP contribution in [-0.2, 0) is 4.79 Å². The molecule has 1 saturated heterocycles. The average Bonchev–Trinajstić information content (AvgIpc) is 2.49. The molecule has 0 radical (unpaired) electrons. The quantitative estimate of drug-likeness (QED) is 0.897. The summed E-state index contributed by atoms with van der Waals surface area (Å²) in [6, 6.07) is 4.42. The third kappa shape index (κ3) is 3.91. The molecule has 1 fully saturated rings. The summed E-state index contributed by atoms with van der Waals surface area (Å²) >= 11 is 5.85. The van der Waals surface area contributed by atoms with Gasteiger partial charge in [-0.1, -0.05) is 25.4 Å². The van der Waals surface area contributed by atoms with Crippen LogP contribution in [0.1, 0.15) is 37.0 Å². The van der Waals surface area contributed by atoms with Crippen LogP contribution in [0.25, 0.3) is 0 Å². The normalized spacial score (nSPS) is 18.4. The van der Waals surface area contributed by atoms with Crippen molar-refractivity contribution in [2.75, 3.05) is 13.1 Å². The van der Waals surface area contributed by atoms with Gasteiger partial charge >= 0.3 is 0 Å². The second kappa shape index (κ2) is 7.01. The highest BCUT2D eigenvalue weighted by molar-refractivity contribution is 6.32. The highest BCUT2D eigenvalue weighted by Crippen LogP contribution is 2.25. The number of likely N-dealkylation sites (tertiary alicyclic amines) is 1. The highest BCUT2D eigenvalue weighted by Gasteiger charge is 2.26. The zero-order valence-corrected chi connectivity index (χ0v) is 13.6. The SMILES string of the molecule is CC(C)C(=O)NC1CCCN(C(=O)c2ccc(O)c(Cl)c2)C1. The number of amides is 2. The van der Waals surface area contributed by atoms with Crippen LogP contribution >= 0.6 is 11.6 Å². The van der Waals surface area contributed by atoms with E-state index in [1.54, 1.807) is 11.0 Å². The van der Waals surface area contributed by atoms with E-state index in [9.17, 15) is 14.7 Å². The number of aromatic hydroxyl groups is 1. The highest BCUT2D eigenvalue weighted by atomic mass is 35.5. The van der Waals surface area contributed by atoms with Crippen LogP contribution in [0.5, 0.6) is 5.75 Å². The number of benzene rings is 1. The van der Waals surface area contributed by atoms with E-state index < -0.39 is 0 Å². The smallest absolute Gasteiger partial charge is 0.253 e. The number of hydrogen-bond acceptors (Lipinski definition) is 3. The molecule has 120 valence electrons. The Balaban J connectivity index is 2.03. The van der Waals surface area contributed by atoms with E-state index in [4.69, 9.17) is 11.6 Å². The summed E-state index contributed by atoms with van der Waals surface area (Å²) in [7, 11) is 0. The fourth-order valence-electron chi connectivity index (χ4n) is 2.47. The molecule has 0 saturated carbocycles. The molecule has 0 aliphatic carbocycles. The molecule has 2 rings (SSSR count). The number of halogens is 1. The molecule has 6 heteroatoms. The van der Waals surface area contributed by atoms with Crippen molar-refractivity contribution in [3.8, 4) is 5.75 Å². The number of phenolic OH excluding ortho intramolecular Hbond substituents is 1. The van der Waals surface area contributed by atoms with Gasteiger partial charge < -0.3 is 15.3 Å². The Kier molecular flexibility index (Phi) is 5.29. The van der Waals surface area contributed by atoms with Crippen molar-refractivity contribution < 1.29 is 14.7 Å². The topological polar surface area (TPSA) is 69.6 Å². The number of carbonyl (C=O) groups excluding carboxylic acids is 2. The molecule has 1 aliphatic heterocycles. The molecule has 1 aromatic carbocycles. The molecule has 0 bridgehead atoms. The largest absolute Gasteiger partial charge is 0.506 e. The Morgan fingerprint density at radius 2 is 2.14 bits per heavy atom. The summed E-state index contributed by atoms with van der Waals surface area (Å²) in [5.74, 6) is -0.238. The Hall–Kier alpha value is -1.75. The predicted octanol–water partition coefficient (Wildman–Crippen LogP) is 2.42. The Labute approximate surface area is 135 Å². The van der Waals surface area contributed by atoms with E-state index in [0.29, 0.717) is 18.7 Å². The number of rotatable bonds is 3. The average molecular weight is 325 g/mol. The lowest BCUT2D eigenvalue weighted by Gasteiger charge is -2.33. The Morgan fingerprint density at radius 1 is 1.41 bits per heavy atom. The van der Waals surface area contributed by atoms with Gasteiger partial charge in [-0.3, -0.25) is 9.59 Å². The van der Waals surface area contributed by atoms with E-state index >= 15 is 0 Å². The molecule has 1 aromatic rings. The third-order valence-electron chi connectivity index (χ3n) is 3.77. The van der Waals surface area contributed by atoms with E-state index in [-0.39, 0.29) is 34.5 Å².